The highest BCUT2D eigenvalue weighted by Crippen LogP contribution is 2.68. The lowest BCUT2D eigenvalue weighted by atomic mass is 9.54. The van der Waals surface area contributed by atoms with Crippen molar-refractivity contribution in [2.24, 2.45) is 40.4 Å². The van der Waals surface area contributed by atoms with Crippen molar-refractivity contribution in [3.63, 3.8) is 0 Å². The van der Waals surface area contributed by atoms with E-state index in [1.54, 1.807) is 6.92 Å². The van der Waals surface area contributed by atoms with Crippen LogP contribution in [0.15, 0.2) is 0 Å². The van der Waals surface area contributed by atoms with Gasteiger partial charge in [0.2, 0.25) is 0 Å². The fourth-order valence-electron chi connectivity index (χ4n) is 7.37. The predicted octanol–water partition coefficient (Wildman–Crippen LogP) is 3.38. The fraction of sp³-hybridized carbons (Fsp3) is 0.900. The first-order valence-corrected chi connectivity index (χ1v) is 9.51. The van der Waals surface area contributed by atoms with Gasteiger partial charge in [0.05, 0.1) is 6.10 Å². The van der Waals surface area contributed by atoms with Crippen molar-refractivity contribution in [3.05, 3.63) is 0 Å². The maximum absolute atomic E-state index is 13.3. The van der Waals surface area contributed by atoms with E-state index in [-0.39, 0.29) is 34.7 Å². The maximum Gasteiger partial charge on any atom is 0.140 e. The molecule has 3 heteroatoms. The van der Waals surface area contributed by atoms with E-state index in [0.29, 0.717) is 29.8 Å². The van der Waals surface area contributed by atoms with Gasteiger partial charge in [0.15, 0.2) is 0 Å². The molecule has 8 atom stereocenters. The Morgan fingerprint density at radius 2 is 1.70 bits per heavy atom. The Morgan fingerprint density at radius 3 is 2.39 bits per heavy atom. The molecule has 3 nitrogen and oxygen atoms in total. The number of aliphatic hydroxyl groups is 1. The molecule has 0 amide bonds. The molecule has 0 unspecified atom stereocenters. The molecule has 23 heavy (non-hydrogen) atoms. The Kier molecular flexibility index (Phi) is 3.37. The molecule has 0 radical (unpaired) electrons. The summed E-state index contributed by atoms with van der Waals surface area (Å²) in [6.07, 6.45) is 6.42. The molecule has 4 saturated carbocycles. The number of rotatable bonds is 1. The molecule has 0 aliphatic heterocycles. The maximum atomic E-state index is 13.3. The molecule has 4 aliphatic carbocycles. The second-order valence-electron chi connectivity index (χ2n) is 9.41. The summed E-state index contributed by atoms with van der Waals surface area (Å²) < 4.78 is 0. The smallest absolute Gasteiger partial charge is 0.140 e. The summed E-state index contributed by atoms with van der Waals surface area (Å²) in [5.74, 6) is 1.98. The van der Waals surface area contributed by atoms with Crippen molar-refractivity contribution >= 4 is 11.6 Å². The Hall–Kier alpha value is -0.700. The monoisotopic (exact) mass is 318 g/mol. The van der Waals surface area contributed by atoms with Crippen LogP contribution in [0.1, 0.15) is 65.7 Å². The Morgan fingerprint density at radius 1 is 1.04 bits per heavy atom. The molecule has 128 valence electrons. The second-order valence-corrected chi connectivity index (χ2v) is 9.41. The van der Waals surface area contributed by atoms with Gasteiger partial charge in [0.1, 0.15) is 11.6 Å². The number of carbonyl (C=O) groups excluding carboxylic acids is 2. The lowest BCUT2D eigenvalue weighted by molar-refractivity contribution is -0.133. The van der Waals surface area contributed by atoms with E-state index in [1.165, 1.54) is 0 Å². The van der Waals surface area contributed by atoms with Crippen molar-refractivity contribution in [2.45, 2.75) is 71.8 Å². The topological polar surface area (TPSA) is 54.4 Å². The minimum absolute atomic E-state index is 0.0329. The van der Waals surface area contributed by atoms with Crippen molar-refractivity contribution in [1.29, 1.82) is 0 Å². The lowest BCUT2D eigenvalue weighted by Gasteiger charge is -2.49. The van der Waals surface area contributed by atoms with Crippen molar-refractivity contribution in [2.75, 3.05) is 0 Å². The van der Waals surface area contributed by atoms with Gasteiger partial charge in [-0.25, -0.2) is 0 Å². The van der Waals surface area contributed by atoms with Crippen LogP contribution in [0.4, 0.5) is 0 Å². The largest absolute Gasteiger partial charge is 0.393 e. The molecule has 0 heterocycles. The quantitative estimate of drug-likeness (QED) is 0.806. The van der Waals surface area contributed by atoms with Crippen molar-refractivity contribution in [3.8, 4) is 0 Å². The number of ketones is 2. The van der Waals surface area contributed by atoms with Crippen LogP contribution < -0.4 is 0 Å². The van der Waals surface area contributed by atoms with Crippen LogP contribution in [-0.4, -0.2) is 22.8 Å². The van der Waals surface area contributed by atoms with Gasteiger partial charge in [0.25, 0.3) is 0 Å². The normalized spacial score (nSPS) is 55.2. The highest BCUT2D eigenvalue weighted by atomic mass is 16.3. The Labute approximate surface area is 139 Å². The number of fused-ring (bicyclic) bond motifs is 5. The average Bonchev–Trinajstić information content (AvgIpc) is 2.94. The van der Waals surface area contributed by atoms with Gasteiger partial charge in [-0.1, -0.05) is 13.8 Å². The van der Waals surface area contributed by atoms with Gasteiger partial charge >= 0.3 is 0 Å². The van der Waals surface area contributed by atoms with Crippen molar-refractivity contribution in [1.82, 2.24) is 0 Å². The van der Waals surface area contributed by atoms with Crippen LogP contribution in [0, 0.1) is 40.4 Å². The third-order valence-electron chi connectivity index (χ3n) is 8.60. The predicted molar refractivity (Wildman–Crippen MR) is 87.7 cm³/mol. The zero-order valence-corrected chi connectivity index (χ0v) is 14.7. The Balaban J connectivity index is 1.70. The van der Waals surface area contributed by atoms with Gasteiger partial charge in [-0.05, 0) is 74.5 Å². The summed E-state index contributed by atoms with van der Waals surface area (Å²) in [6, 6.07) is 0. The van der Waals surface area contributed by atoms with E-state index < -0.39 is 0 Å². The van der Waals surface area contributed by atoms with E-state index in [2.05, 4.69) is 13.8 Å². The van der Waals surface area contributed by atoms with Crippen LogP contribution in [0.2, 0.25) is 0 Å². The van der Waals surface area contributed by atoms with E-state index in [0.717, 1.165) is 38.5 Å². The zero-order chi connectivity index (χ0) is 16.6. The first-order valence-electron chi connectivity index (χ1n) is 9.51. The van der Waals surface area contributed by atoms with Crippen LogP contribution in [-0.2, 0) is 9.59 Å². The molecule has 4 fully saturated rings. The first kappa shape index (κ1) is 15.8. The summed E-state index contributed by atoms with van der Waals surface area (Å²) >= 11 is 0. The van der Waals surface area contributed by atoms with Crippen molar-refractivity contribution < 1.29 is 14.7 Å². The molecule has 0 bridgehead atoms. The summed E-state index contributed by atoms with van der Waals surface area (Å²) in [5.41, 5.74) is 0.127. The molecule has 0 spiro atoms. The van der Waals surface area contributed by atoms with E-state index in [4.69, 9.17) is 0 Å². The number of Topliss-reactive ketones (excluding diaryl/α,β-unsaturated/α-hetero) is 2. The molecule has 4 rings (SSSR count). The molecule has 0 aromatic rings. The summed E-state index contributed by atoms with van der Waals surface area (Å²) in [6.45, 7) is 6.32. The lowest BCUT2D eigenvalue weighted by Crippen LogP contribution is -2.45. The molecule has 0 saturated heterocycles. The molecule has 0 aromatic carbocycles. The van der Waals surface area contributed by atoms with E-state index in [9.17, 15) is 14.7 Å². The van der Waals surface area contributed by atoms with Gasteiger partial charge in [0, 0.05) is 17.8 Å². The molecular weight excluding hydrogens is 288 g/mol. The minimum atomic E-state index is -0.294. The summed E-state index contributed by atoms with van der Waals surface area (Å²) in [4.78, 5) is 25.4. The highest BCUT2D eigenvalue weighted by Gasteiger charge is 2.66. The highest BCUT2D eigenvalue weighted by molar-refractivity contribution is 5.88. The number of aliphatic hydroxyl groups excluding tert-OH is 1. The summed E-state index contributed by atoms with van der Waals surface area (Å²) in [7, 11) is 0. The first-order chi connectivity index (χ1) is 10.8. The van der Waals surface area contributed by atoms with Crippen LogP contribution in [0.3, 0.4) is 0 Å². The molecule has 1 N–H and O–H groups in total. The van der Waals surface area contributed by atoms with Gasteiger partial charge in [-0.15, -0.1) is 0 Å². The third kappa shape index (κ3) is 1.92. The number of hydrogen-bond donors (Lipinski definition) is 1. The van der Waals surface area contributed by atoms with E-state index >= 15 is 0 Å². The zero-order valence-electron chi connectivity index (χ0n) is 14.7. The van der Waals surface area contributed by atoms with Gasteiger partial charge < -0.3 is 5.11 Å². The Bertz CT molecular complexity index is 555. The van der Waals surface area contributed by atoms with Crippen LogP contribution >= 0.6 is 0 Å². The molecular formula is C20H30O3. The standard InChI is InChI=1S/C20H30O3/c1-11(21)13-4-5-14-17-15(7-9-19(13,14)2)20(3)8-6-12(22)10-16(20)18(17)23/h12-17,22H,4-10H2,1-3H3/t12-,13-,14+,15+,16-,17+,19-,20-/m1/s1. The number of hydrogen-bond acceptors (Lipinski definition) is 3. The molecule has 0 aromatic heterocycles. The SMILES string of the molecule is CC(=O)[C@H]1CC[C@H]2[C@@H]3C(=O)[C@H]4C[C@H](O)CC[C@]4(C)[C@H]3CC[C@]12C. The summed E-state index contributed by atoms with van der Waals surface area (Å²) in [5, 5.41) is 10.1. The van der Waals surface area contributed by atoms with E-state index in [1.807, 2.05) is 0 Å². The third-order valence-corrected chi connectivity index (χ3v) is 8.60. The number of carbonyl (C=O) groups is 2. The van der Waals surface area contributed by atoms with Crippen LogP contribution in [0.5, 0.6) is 0 Å². The average molecular weight is 318 g/mol. The molecule has 4 aliphatic rings. The van der Waals surface area contributed by atoms with Crippen LogP contribution in [0.25, 0.3) is 0 Å². The fourth-order valence-corrected chi connectivity index (χ4v) is 7.37. The van der Waals surface area contributed by atoms with Gasteiger partial charge in [-0.2, -0.15) is 0 Å². The minimum Gasteiger partial charge on any atom is -0.393 e. The van der Waals surface area contributed by atoms with Gasteiger partial charge in [-0.3, -0.25) is 9.59 Å². The second kappa shape index (κ2) is 4.91.